The van der Waals surface area contributed by atoms with Crippen LogP contribution in [0, 0.1) is 6.92 Å². The van der Waals surface area contributed by atoms with Crippen molar-refractivity contribution in [2.75, 3.05) is 5.32 Å². The van der Waals surface area contributed by atoms with Gasteiger partial charge in [-0.3, -0.25) is 4.68 Å². The summed E-state index contributed by atoms with van der Waals surface area (Å²) in [6.07, 6.45) is 2.60. The van der Waals surface area contributed by atoms with Crippen LogP contribution in [-0.2, 0) is 20.0 Å². The summed E-state index contributed by atoms with van der Waals surface area (Å²) in [7, 11) is 1.91. The zero-order valence-corrected chi connectivity index (χ0v) is 16.1. The van der Waals surface area contributed by atoms with Crippen LogP contribution in [0.5, 0.6) is 0 Å². The van der Waals surface area contributed by atoms with Gasteiger partial charge in [-0.1, -0.05) is 0 Å². The zero-order chi connectivity index (χ0) is 16.6. The number of aryl methyl sites for hydroxylation is 2. The third kappa shape index (κ3) is 3.80. The number of hydrogen-bond donors (Lipinski definition) is 2. The summed E-state index contributed by atoms with van der Waals surface area (Å²) in [4.78, 5) is 9.98. The van der Waals surface area contributed by atoms with Crippen molar-refractivity contribution in [1.82, 2.24) is 19.7 Å². The number of aromatic nitrogens is 4. The lowest BCUT2D eigenvalue weighted by molar-refractivity contribution is 0.720. The molecule has 3 heterocycles. The average Bonchev–Trinajstić information content (AvgIpc) is 3.02. The number of hydrogen-bond acceptors (Lipinski definition) is 6. The van der Waals surface area contributed by atoms with E-state index in [1.807, 2.05) is 24.7 Å². The van der Waals surface area contributed by atoms with Crippen LogP contribution in [0.25, 0.3) is 10.2 Å². The predicted octanol–water partition coefficient (Wildman–Crippen LogP) is 3.31. The van der Waals surface area contributed by atoms with Crippen molar-refractivity contribution in [2.45, 2.75) is 32.9 Å². The van der Waals surface area contributed by atoms with Crippen LogP contribution in [0.4, 0.5) is 5.82 Å². The molecule has 3 rings (SSSR count). The fraction of sp³-hybridized carbons (Fsp3) is 0.400. The van der Waals surface area contributed by atoms with Gasteiger partial charge in [-0.15, -0.1) is 23.7 Å². The molecule has 0 aliphatic heterocycles. The van der Waals surface area contributed by atoms with E-state index in [9.17, 15) is 0 Å². The Balaban J connectivity index is 0.00000208. The highest BCUT2D eigenvalue weighted by Crippen LogP contribution is 2.35. The molecule has 0 saturated heterocycles. The van der Waals surface area contributed by atoms with E-state index in [0.29, 0.717) is 6.54 Å². The first-order valence-electron chi connectivity index (χ1n) is 7.37. The van der Waals surface area contributed by atoms with Crippen LogP contribution in [0.2, 0.25) is 5.28 Å². The van der Waals surface area contributed by atoms with Crippen LogP contribution in [0.15, 0.2) is 12.3 Å². The molecular formula is C15H20Cl2N6S. The fourth-order valence-electron chi connectivity index (χ4n) is 2.46. The van der Waals surface area contributed by atoms with Gasteiger partial charge in [0.15, 0.2) is 0 Å². The number of nitrogens with one attached hydrogen (secondary N) is 1. The highest BCUT2D eigenvalue weighted by molar-refractivity contribution is 7.19. The minimum Gasteiger partial charge on any atom is -0.363 e. The zero-order valence-electron chi connectivity index (χ0n) is 13.7. The molecule has 9 heteroatoms. The van der Waals surface area contributed by atoms with Gasteiger partial charge in [-0.2, -0.15) is 10.1 Å². The normalized spacial score (nSPS) is 12.2. The van der Waals surface area contributed by atoms with Crippen LogP contribution in [0.3, 0.4) is 0 Å². The number of fused-ring (bicyclic) bond motifs is 1. The van der Waals surface area contributed by atoms with Crippen LogP contribution in [-0.4, -0.2) is 25.8 Å². The molecule has 3 N–H and O–H groups in total. The van der Waals surface area contributed by atoms with E-state index >= 15 is 0 Å². The van der Waals surface area contributed by atoms with Crippen molar-refractivity contribution in [3.05, 3.63) is 33.7 Å². The van der Waals surface area contributed by atoms with Crippen LogP contribution in [0.1, 0.15) is 23.1 Å². The average molecular weight is 387 g/mol. The first kappa shape index (κ1) is 18.9. The molecule has 0 fully saturated rings. The Kier molecular flexibility index (Phi) is 6.03. The second-order valence-corrected chi connectivity index (χ2v) is 7.09. The van der Waals surface area contributed by atoms with Crippen molar-refractivity contribution >= 4 is 51.4 Å². The van der Waals surface area contributed by atoms with Gasteiger partial charge >= 0.3 is 0 Å². The van der Waals surface area contributed by atoms with Crippen molar-refractivity contribution < 1.29 is 0 Å². The van der Waals surface area contributed by atoms with Gasteiger partial charge in [0, 0.05) is 24.2 Å². The fourth-order valence-corrected chi connectivity index (χ4v) is 3.98. The summed E-state index contributed by atoms with van der Waals surface area (Å²) in [5.41, 5.74) is 9.04. The largest absolute Gasteiger partial charge is 0.363 e. The summed E-state index contributed by atoms with van der Waals surface area (Å²) in [5.74, 6) is 0.755. The summed E-state index contributed by atoms with van der Waals surface area (Å²) in [5, 5.41) is 7.76. The minimum atomic E-state index is 0. The second kappa shape index (κ2) is 7.65. The van der Waals surface area contributed by atoms with Crippen LogP contribution >= 0.6 is 35.3 Å². The Bertz CT molecular complexity index is 842. The molecule has 6 nitrogen and oxygen atoms in total. The molecule has 0 aromatic carbocycles. The number of rotatable bonds is 5. The SMILES string of the molecule is Cc1c(C[C@H](C)N)sc2c(NCc3ccnn3C)nc(Cl)nc12.Cl. The van der Waals surface area contributed by atoms with Crippen molar-refractivity contribution in [2.24, 2.45) is 12.8 Å². The van der Waals surface area contributed by atoms with Crippen LogP contribution < -0.4 is 11.1 Å². The molecule has 130 valence electrons. The lowest BCUT2D eigenvalue weighted by Crippen LogP contribution is -2.17. The maximum atomic E-state index is 6.10. The summed E-state index contributed by atoms with van der Waals surface area (Å²) >= 11 is 7.78. The van der Waals surface area contributed by atoms with E-state index < -0.39 is 0 Å². The topological polar surface area (TPSA) is 81.6 Å². The third-order valence-corrected chi connectivity index (χ3v) is 5.18. The van der Waals surface area contributed by atoms with E-state index in [1.54, 1.807) is 17.5 Å². The molecule has 1 atom stereocenters. The molecule has 0 radical (unpaired) electrons. The van der Waals surface area contributed by atoms with E-state index in [0.717, 1.165) is 33.7 Å². The molecule has 0 unspecified atom stereocenters. The van der Waals surface area contributed by atoms with Gasteiger partial charge in [0.1, 0.15) is 5.82 Å². The molecular weight excluding hydrogens is 367 g/mol. The molecule has 3 aromatic rings. The van der Waals surface area contributed by atoms with Crippen molar-refractivity contribution in [1.29, 1.82) is 0 Å². The van der Waals surface area contributed by atoms with Gasteiger partial charge in [0.25, 0.3) is 0 Å². The number of thiophene rings is 1. The van der Waals surface area contributed by atoms with Gasteiger partial charge in [0.2, 0.25) is 5.28 Å². The smallest absolute Gasteiger partial charge is 0.224 e. The number of nitrogens with two attached hydrogens (primary N) is 1. The highest BCUT2D eigenvalue weighted by atomic mass is 35.5. The van der Waals surface area contributed by atoms with Gasteiger partial charge in [-0.25, -0.2) is 4.98 Å². The molecule has 0 bridgehead atoms. The Hall–Kier alpha value is -1.41. The molecule has 24 heavy (non-hydrogen) atoms. The molecule has 0 aliphatic rings. The Morgan fingerprint density at radius 2 is 2.17 bits per heavy atom. The van der Waals surface area contributed by atoms with E-state index in [-0.39, 0.29) is 23.7 Å². The minimum absolute atomic E-state index is 0. The standard InChI is InChI=1S/C15H19ClN6S.ClH/c1-8(17)6-11-9(2)12-13(23-11)14(21-15(16)20-12)18-7-10-4-5-19-22(10)3;/h4-5,8H,6-7,17H2,1-3H3,(H,18,20,21);1H/t8-;/m0./s1. The number of halogens is 2. The highest BCUT2D eigenvalue weighted by Gasteiger charge is 2.16. The Morgan fingerprint density at radius 3 is 2.79 bits per heavy atom. The maximum absolute atomic E-state index is 6.10. The van der Waals surface area contributed by atoms with Gasteiger partial charge in [-0.05, 0) is 43.5 Å². The maximum Gasteiger partial charge on any atom is 0.224 e. The molecule has 3 aromatic heterocycles. The Morgan fingerprint density at radius 1 is 1.42 bits per heavy atom. The number of anilines is 1. The molecule has 0 spiro atoms. The predicted molar refractivity (Wildman–Crippen MR) is 102 cm³/mol. The molecule has 0 saturated carbocycles. The summed E-state index contributed by atoms with van der Waals surface area (Å²) in [6.45, 7) is 4.69. The summed E-state index contributed by atoms with van der Waals surface area (Å²) in [6, 6.07) is 2.07. The van der Waals surface area contributed by atoms with E-state index in [4.69, 9.17) is 17.3 Å². The van der Waals surface area contributed by atoms with Gasteiger partial charge in [0.05, 0.1) is 22.5 Å². The first-order chi connectivity index (χ1) is 11.0. The monoisotopic (exact) mass is 386 g/mol. The molecule has 0 aliphatic carbocycles. The van der Waals surface area contributed by atoms with Gasteiger partial charge < -0.3 is 11.1 Å². The van der Waals surface area contributed by atoms with Crippen molar-refractivity contribution in [3.63, 3.8) is 0 Å². The first-order valence-corrected chi connectivity index (χ1v) is 8.57. The van der Waals surface area contributed by atoms with E-state index in [1.165, 1.54) is 4.88 Å². The third-order valence-electron chi connectivity index (χ3n) is 3.70. The lowest BCUT2D eigenvalue weighted by Gasteiger charge is -2.07. The Labute approximate surface area is 155 Å². The van der Waals surface area contributed by atoms with Crippen molar-refractivity contribution in [3.8, 4) is 0 Å². The number of nitrogens with zero attached hydrogens (tertiary/aromatic N) is 4. The lowest BCUT2D eigenvalue weighted by atomic mass is 10.1. The quantitative estimate of drug-likeness (QED) is 0.657. The second-order valence-electron chi connectivity index (χ2n) is 5.65. The van der Waals surface area contributed by atoms with E-state index in [2.05, 4.69) is 27.3 Å². The summed E-state index contributed by atoms with van der Waals surface area (Å²) < 4.78 is 2.85. The molecule has 0 amide bonds.